The topological polar surface area (TPSA) is 70.4 Å². The molecule has 4 rings (SSSR count). The van der Waals surface area contributed by atoms with Crippen LogP contribution in [-0.2, 0) is 18.4 Å². The molecule has 0 unspecified atom stereocenters. The molecule has 6 nitrogen and oxygen atoms in total. The van der Waals surface area contributed by atoms with Crippen LogP contribution in [0.25, 0.3) is 11.0 Å². The first-order chi connectivity index (χ1) is 15.2. The molecule has 4 aromatic rings. The maximum Gasteiger partial charge on any atom is 0.317 e. The molecule has 0 spiro atoms. The van der Waals surface area contributed by atoms with E-state index in [2.05, 4.69) is 15.5 Å². The predicted octanol–water partition coefficient (Wildman–Crippen LogP) is 3.81. The zero-order chi connectivity index (χ0) is 21.5. The molecule has 0 fully saturated rings. The van der Waals surface area contributed by atoms with Crippen LogP contribution in [0, 0.1) is 0 Å². The van der Waals surface area contributed by atoms with Gasteiger partial charge in [0.1, 0.15) is 12.4 Å². The Hall–Kier alpha value is -3.58. The van der Waals surface area contributed by atoms with E-state index in [1.165, 1.54) is 11.8 Å². The summed E-state index contributed by atoms with van der Waals surface area (Å²) in [5.41, 5.74) is 6.67. The second-order valence-corrected chi connectivity index (χ2v) is 7.90. The summed E-state index contributed by atoms with van der Waals surface area (Å²) in [5.74, 6) is 0.843. The van der Waals surface area contributed by atoms with E-state index in [4.69, 9.17) is 4.74 Å². The van der Waals surface area contributed by atoms with Gasteiger partial charge in [0.15, 0.2) is 11.0 Å². The maximum absolute atomic E-state index is 12.2. The highest BCUT2D eigenvalue weighted by Crippen LogP contribution is 2.17. The summed E-state index contributed by atoms with van der Waals surface area (Å²) >= 11 is 1.44. The lowest BCUT2D eigenvalue weighted by Crippen LogP contribution is -2.30. The lowest BCUT2D eigenvalue weighted by Gasteiger charge is -2.06. The number of benzene rings is 3. The van der Waals surface area contributed by atoms with Crippen LogP contribution in [0.4, 0.5) is 0 Å². The van der Waals surface area contributed by atoms with Crippen LogP contribution in [-0.4, -0.2) is 22.9 Å². The molecule has 0 radical (unpaired) electrons. The van der Waals surface area contributed by atoms with E-state index >= 15 is 0 Å². The molecular weight excluding hydrogens is 408 g/mol. The molecule has 0 atom stereocenters. The number of H-pyrrole nitrogens is 1. The summed E-state index contributed by atoms with van der Waals surface area (Å²) in [6.45, 7) is 0.501. The number of aromatic amines is 1. The van der Waals surface area contributed by atoms with Gasteiger partial charge in [0, 0.05) is 0 Å². The third-order valence-corrected chi connectivity index (χ3v) is 5.72. The Balaban J connectivity index is 1.28. The number of hydrazone groups is 1. The second kappa shape index (κ2) is 9.95. The molecule has 1 amide bonds. The van der Waals surface area contributed by atoms with E-state index < -0.39 is 0 Å². The van der Waals surface area contributed by atoms with Crippen LogP contribution in [0.2, 0.25) is 0 Å². The minimum absolute atomic E-state index is 0.170. The van der Waals surface area contributed by atoms with Crippen molar-refractivity contribution in [2.75, 3.05) is 5.75 Å². The van der Waals surface area contributed by atoms with E-state index in [0.717, 1.165) is 33.1 Å². The van der Waals surface area contributed by atoms with E-state index in [9.17, 15) is 4.79 Å². The highest BCUT2D eigenvalue weighted by atomic mass is 32.2. The molecule has 1 heterocycles. The van der Waals surface area contributed by atoms with Crippen LogP contribution in [0.3, 0.4) is 0 Å². The number of imidazole rings is 1. The van der Waals surface area contributed by atoms with Gasteiger partial charge in [-0.15, -0.1) is 0 Å². The first-order valence-corrected chi connectivity index (χ1v) is 10.9. The third kappa shape index (κ3) is 5.52. The van der Waals surface area contributed by atoms with Gasteiger partial charge in [-0.25, -0.2) is 15.0 Å². The molecule has 0 bridgehead atoms. The van der Waals surface area contributed by atoms with Gasteiger partial charge >= 0.3 is 5.16 Å². The van der Waals surface area contributed by atoms with E-state index in [-0.39, 0.29) is 11.7 Å². The third-order valence-electron chi connectivity index (χ3n) is 4.66. The normalized spacial score (nSPS) is 11.1. The number of hydrogen-bond acceptors (Lipinski definition) is 4. The summed E-state index contributed by atoms with van der Waals surface area (Å²) in [6, 6.07) is 25.6. The van der Waals surface area contributed by atoms with Crippen LogP contribution in [0.5, 0.6) is 5.75 Å². The molecule has 0 aliphatic carbocycles. The van der Waals surface area contributed by atoms with Crippen molar-refractivity contribution in [2.24, 2.45) is 12.1 Å². The Labute approximate surface area is 185 Å². The van der Waals surface area contributed by atoms with E-state index in [0.29, 0.717) is 6.61 Å². The fourth-order valence-electron chi connectivity index (χ4n) is 3.08. The Morgan fingerprint density at radius 1 is 1.10 bits per heavy atom. The zero-order valence-electron chi connectivity index (χ0n) is 17.1. The molecule has 156 valence electrons. The summed E-state index contributed by atoms with van der Waals surface area (Å²) in [6.07, 6.45) is 1.61. The minimum atomic E-state index is -0.170. The van der Waals surface area contributed by atoms with Gasteiger partial charge in [0.25, 0.3) is 5.91 Å². The lowest BCUT2D eigenvalue weighted by molar-refractivity contribution is -0.683. The number of hydrogen-bond donors (Lipinski definition) is 2. The molecule has 0 aliphatic heterocycles. The minimum Gasteiger partial charge on any atom is -0.489 e. The fraction of sp³-hybridized carbons (Fsp3) is 0.125. The van der Waals surface area contributed by atoms with Gasteiger partial charge in [0.2, 0.25) is 0 Å². The fourth-order valence-corrected chi connectivity index (χ4v) is 3.89. The van der Waals surface area contributed by atoms with Crippen molar-refractivity contribution in [3.8, 4) is 5.75 Å². The van der Waals surface area contributed by atoms with Crippen LogP contribution in [0.15, 0.2) is 89.1 Å². The Morgan fingerprint density at radius 2 is 1.90 bits per heavy atom. The van der Waals surface area contributed by atoms with Gasteiger partial charge in [-0.1, -0.05) is 54.6 Å². The number of nitrogens with one attached hydrogen (secondary N) is 2. The zero-order valence-corrected chi connectivity index (χ0v) is 17.9. The maximum atomic E-state index is 12.2. The van der Waals surface area contributed by atoms with Crippen molar-refractivity contribution < 1.29 is 14.1 Å². The van der Waals surface area contributed by atoms with Crippen molar-refractivity contribution in [3.63, 3.8) is 0 Å². The number of carbonyl (C=O) groups excluding carboxylic acids is 1. The van der Waals surface area contributed by atoms with Gasteiger partial charge < -0.3 is 4.74 Å². The number of rotatable bonds is 8. The van der Waals surface area contributed by atoms with Gasteiger partial charge in [-0.2, -0.15) is 5.10 Å². The summed E-state index contributed by atoms with van der Waals surface area (Å²) in [7, 11) is 1.98. The largest absolute Gasteiger partial charge is 0.489 e. The Morgan fingerprint density at radius 3 is 2.74 bits per heavy atom. The molecular formula is C24H23N4O2S+. The Kier molecular flexibility index (Phi) is 6.64. The molecule has 7 heteroatoms. The lowest BCUT2D eigenvalue weighted by atomic mass is 10.2. The number of carbonyl (C=O) groups is 1. The molecule has 1 aromatic heterocycles. The first-order valence-electron chi connectivity index (χ1n) is 9.87. The van der Waals surface area contributed by atoms with Crippen molar-refractivity contribution in [2.45, 2.75) is 11.8 Å². The van der Waals surface area contributed by atoms with Crippen molar-refractivity contribution in [1.29, 1.82) is 0 Å². The number of aryl methyl sites for hydroxylation is 1. The number of nitrogens with zero attached hydrogens (tertiary/aromatic N) is 2. The van der Waals surface area contributed by atoms with Crippen LogP contribution >= 0.6 is 11.8 Å². The van der Waals surface area contributed by atoms with Gasteiger partial charge in [-0.3, -0.25) is 4.79 Å². The number of aromatic nitrogens is 2. The smallest absolute Gasteiger partial charge is 0.317 e. The average molecular weight is 432 g/mol. The average Bonchev–Trinajstić information content (AvgIpc) is 3.13. The molecule has 31 heavy (non-hydrogen) atoms. The molecule has 2 N–H and O–H groups in total. The number of ether oxygens (including phenoxy) is 1. The summed E-state index contributed by atoms with van der Waals surface area (Å²) in [4.78, 5) is 15.5. The number of thioether (sulfide) groups is 1. The van der Waals surface area contributed by atoms with E-state index in [1.54, 1.807) is 6.21 Å². The van der Waals surface area contributed by atoms with Gasteiger partial charge in [0.05, 0.1) is 19.0 Å². The monoisotopic (exact) mass is 431 g/mol. The highest BCUT2D eigenvalue weighted by Gasteiger charge is 2.16. The highest BCUT2D eigenvalue weighted by molar-refractivity contribution is 7.99. The molecule has 0 saturated carbocycles. The summed E-state index contributed by atoms with van der Waals surface area (Å²) < 4.78 is 7.86. The standard InChI is InChI=1S/C24H22N4O2S/c1-28-22-13-6-5-12-21(22)26-24(28)31-17-23(29)27-25-15-19-10-7-11-20(14-19)30-16-18-8-3-2-4-9-18/h2-15H,16-17H2,1H3,(H,27,29)/p+1. The SMILES string of the molecule is C[n+]1c(SCC(=O)NN=Cc2cccc(OCc3ccccc3)c2)[nH]c2ccccc21. The van der Waals surface area contributed by atoms with E-state index in [1.807, 2.05) is 90.5 Å². The van der Waals surface area contributed by atoms with Gasteiger partial charge in [-0.05, 0) is 47.2 Å². The Bertz CT molecular complexity index is 1200. The van der Waals surface area contributed by atoms with Crippen molar-refractivity contribution in [3.05, 3.63) is 90.0 Å². The molecule has 0 saturated heterocycles. The molecule has 0 aliphatic rings. The summed E-state index contributed by atoms with van der Waals surface area (Å²) in [5, 5.41) is 4.99. The number of para-hydroxylation sites is 2. The second-order valence-electron chi connectivity index (χ2n) is 6.93. The van der Waals surface area contributed by atoms with Crippen molar-refractivity contribution >= 4 is 34.9 Å². The van der Waals surface area contributed by atoms with Crippen LogP contribution < -0.4 is 14.7 Å². The quantitative estimate of drug-likeness (QED) is 0.193. The first kappa shape index (κ1) is 20.7. The van der Waals surface area contributed by atoms with Crippen LogP contribution in [0.1, 0.15) is 11.1 Å². The van der Waals surface area contributed by atoms with Crippen molar-refractivity contribution in [1.82, 2.24) is 10.4 Å². The number of fused-ring (bicyclic) bond motifs is 1. The predicted molar refractivity (Wildman–Crippen MR) is 123 cm³/mol. The number of amides is 1. The molecule has 3 aromatic carbocycles.